The lowest BCUT2D eigenvalue weighted by Crippen LogP contribution is -2.40. The third-order valence-corrected chi connectivity index (χ3v) is 4.84. The average Bonchev–Trinajstić information content (AvgIpc) is 3.01. The second-order valence-electron chi connectivity index (χ2n) is 5.57. The topological polar surface area (TPSA) is 15.3 Å². The van der Waals surface area contributed by atoms with E-state index in [0.717, 1.165) is 12.0 Å². The van der Waals surface area contributed by atoms with Gasteiger partial charge in [0.25, 0.3) is 0 Å². The highest BCUT2D eigenvalue weighted by atomic mass is 32.1. The second kappa shape index (κ2) is 5.09. The number of piperidine rings is 1. The summed E-state index contributed by atoms with van der Waals surface area (Å²) >= 11 is 1.83. The highest BCUT2D eigenvalue weighted by Gasteiger charge is 2.32. The Morgan fingerprint density at radius 3 is 3.00 bits per heavy atom. The summed E-state index contributed by atoms with van der Waals surface area (Å²) in [7, 11) is 2.28. The van der Waals surface area contributed by atoms with Crippen LogP contribution in [0, 0.1) is 5.92 Å². The predicted molar refractivity (Wildman–Crippen MR) is 73.4 cm³/mol. The largest absolute Gasteiger partial charge is 0.314 e. The third kappa shape index (κ3) is 2.72. The summed E-state index contributed by atoms with van der Waals surface area (Å²) in [5.74, 6) is 0.795. The van der Waals surface area contributed by atoms with Crippen molar-refractivity contribution in [2.75, 3.05) is 20.1 Å². The summed E-state index contributed by atoms with van der Waals surface area (Å²) in [6, 6.07) is 3.79. The summed E-state index contributed by atoms with van der Waals surface area (Å²) in [4.78, 5) is 2.55. The van der Waals surface area contributed by atoms with Crippen LogP contribution in [0.1, 0.15) is 37.3 Å². The normalized spacial score (nSPS) is 30.6. The van der Waals surface area contributed by atoms with Crippen molar-refractivity contribution >= 4 is 11.3 Å². The fourth-order valence-corrected chi connectivity index (χ4v) is 3.74. The molecule has 1 saturated carbocycles. The Morgan fingerprint density at radius 2 is 2.29 bits per heavy atom. The highest BCUT2D eigenvalue weighted by Crippen LogP contribution is 2.36. The summed E-state index contributed by atoms with van der Waals surface area (Å²) < 4.78 is 0. The fourth-order valence-electron chi connectivity index (χ4n) is 3.05. The SMILES string of the molecule is CN1CCCC(CNC2CC2)C1c1ccsc1. The summed E-state index contributed by atoms with van der Waals surface area (Å²) in [5, 5.41) is 8.26. The summed E-state index contributed by atoms with van der Waals surface area (Å²) in [6.45, 7) is 2.45. The second-order valence-corrected chi connectivity index (χ2v) is 6.35. The van der Waals surface area contributed by atoms with Crippen molar-refractivity contribution in [3.63, 3.8) is 0 Å². The third-order valence-electron chi connectivity index (χ3n) is 4.14. The molecule has 3 rings (SSSR count). The van der Waals surface area contributed by atoms with Crippen molar-refractivity contribution in [2.45, 2.75) is 37.8 Å². The van der Waals surface area contributed by atoms with E-state index in [-0.39, 0.29) is 0 Å². The standard InChI is InChI=1S/C14H22N2S/c1-16-7-2-3-11(9-15-13-4-5-13)14(16)12-6-8-17-10-12/h6,8,10-11,13-15H,2-5,7,9H2,1H3. The van der Waals surface area contributed by atoms with Gasteiger partial charge >= 0.3 is 0 Å². The Kier molecular flexibility index (Phi) is 3.50. The molecular formula is C14H22N2S. The first-order valence-electron chi connectivity index (χ1n) is 6.80. The van der Waals surface area contributed by atoms with Crippen LogP contribution in [0.3, 0.4) is 0 Å². The van der Waals surface area contributed by atoms with Crippen LogP contribution in [0.25, 0.3) is 0 Å². The van der Waals surface area contributed by atoms with Gasteiger partial charge in [-0.05, 0) is 67.6 Å². The van der Waals surface area contributed by atoms with Crippen molar-refractivity contribution in [3.8, 4) is 0 Å². The maximum absolute atomic E-state index is 3.72. The van der Waals surface area contributed by atoms with E-state index in [1.54, 1.807) is 0 Å². The first-order valence-corrected chi connectivity index (χ1v) is 7.74. The van der Waals surface area contributed by atoms with E-state index in [1.807, 2.05) is 11.3 Å². The molecule has 1 aromatic heterocycles. The maximum atomic E-state index is 3.72. The van der Waals surface area contributed by atoms with E-state index in [2.05, 4.69) is 34.1 Å². The Bertz CT molecular complexity index is 345. The van der Waals surface area contributed by atoms with Crippen LogP contribution in [0.5, 0.6) is 0 Å². The fraction of sp³-hybridized carbons (Fsp3) is 0.714. The van der Waals surface area contributed by atoms with E-state index < -0.39 is 0 Å². The molecule has 0 aromatic carbocycles. The molecule has 0 spiro atoms. The number of hydrogen-bond acceptors (Lipinski definition) is 3. The molecule has 1 N–H and O–H groups in total. The zero-order chi connectivity index (χ0) is 11.7. The van der Waals surface area contributed by atoms with Crippen molar-refractivity contribution in [2.24, 2.45) is 5.92 Å². The van der Waals surface area contributed by atoms with Gasteiger partial charge in [0.05, 0.1) is 0 Å². The van der Waals surface area contributed by atoms with Gasteiger partial charge in [-0.1, -0.05) is 0 Å². The number of nitrogens with zero attached hydrogens (tertiary/aromatic N) is 1. The first kappa shape index (κ1) is 11.7. The Morgan fingerprint density at radius 1 is 1.41 bits per heavy atom. The quantitative estimate of drug-likeness (QED) is 0.884. The molecule has 2 atom stereocenters. The first-order chi connectivity index (χ1) is 8.34. The molecule has 17 heavy (non-hydrogen) atoms. The van der Waals surface area contributed by atoms with Crippen molar-refractivity contribution in [3.05, 3.63) is 22.4 Å². The van der Waals surface area contributed by atoms with Crippen LogP contribution in [0.4, 0.5) is 0 Å². The molecule has 1 aliphatic heterocycles. The molecule has 2 aliphatic rings. The van der Waals surface area contributed by atoms with Crippen molar-refractivity contribution in [1.29, 1.82) is 0 Å². The minimum atomic E-state index is 0.640. The molecule has 94 valence electrons. The lowest BCUT2D eigenvalue weighted by atomic mass is 9.86. The van der Waals surface area contributed by atoms with Gasteiger partial charge in [0.2, 0.25) is 0 Å². The minimum Gasteiger partial charge on any atom is -0.314 e. The van der Waals surface area contributed by atoms with Crippen LogP contribution in [0.15, 0.2) is 16.8 Å². The molecule has 0 radical (unpaired) electrons. The smallest absolute Gasteiger partial charge is 0.0393 e. The van der Waals surface area contributed by atoms with Gasteiger partial charge in [-0.25, -0.2) is 0 Å². The Hall–Kier alpha value is -0.380. The minimum absolute atomic E-state index is 0.640. The van der Waals surface area contributed by atoms with Gasteiger partial charge in [0.15, 0.2) is 0 Å². The molecule has 1 saturated heterocycles. The van der Waals surface area contributed by atoms with E-state index in [9.17, 15) is 0 Å². The van der Waals surface area contributed by atoms with Gasteiger partial charge in [0, 0.05) is 18.6 Å². The zero-order valence-corrected chi connectivity index (χ0v) is 11.4. The van der Waals surface area contributed by atoms with Crippen LogP contribution >= 0.6 is 11.3 Å². The average molecular weight is 250 g/mol. The molecule has 0 bridgehead atoms. The zero-order valence-electron chi connectivity index (χ0n) is 10.6. The van der Waals surface area contributed by atoms with Gasteiger partial charge in [0.1, 0.15) is 0 Å². The number of hydrogen-bond donors (Lipinski definition) is 1. The molecular weight excluding hydrogens is 228 g/mol. The molecule has 2 fully saturated rings. The summed E-state index contributed by atoms with van der Waals surface area (Å²) in [6.07, 6.45) is 5.52. The molecule has 1 aromatic rings. The van der Waals surface area contributed by atoms with E-state index in [0.29, 0.717) is 6.04 Å². The van der Waals surface area contributed by atoms with Gasteiger partial charge in [-0.15, -0.1) is 0 Å². The highest BCUT2D eigenvalue weighted by molar-refractivity contribution is 7.07. The summed E-state index contributed by atoms with van der Waals surface area (Å²) in [5.41, 5.74) is 1.53. The molecule has 3 heteroatoms. The lowest BCUT2D eigenvalue weighted by Gasteiger charge is -2.39. The van der Waals surface area contributed by atoms with Crippen molar-refractivity contribution in [1.82, 2.24) is 10.2 Å². The van der Waals surface area contributed by atoms with Crippen LogP contribution in [-0.2, 0) is 0 Å². The van der Waals surface area contributed by atoms with Gasteiger partial charge in [-0.2, -0.15) is 11.3 Å². The monoisotopic (exact) mass is 250 g/mol. The predicted octanol–water partition coefficient (Wildman–Crippen LogP) is 2.88. The van der Waals surface area contributed by atoms with E-state index in [4.69, 9.17) is 0 Å². The molecule has 1 aliphatic carbocycles. The molecule has 2 nitrogen and oxygen atoms in total. The number of likely N-dealkylation sites (tertiary alicyclic amines) is 1. The van der Waals surface area contributed by atoms with Crippen molar-refractivity contribution < 1.29 is 0 Å². The molecule has 2 heterocycles. The van der Waals surface area contributed by atoms with Gasteiger partial charge < -0.3 is 5.32 Å². The Balaban J connectivity index is 1.69. The van der Waals surface area contributed by atoms with E-state index >= 15 is 0 Å². The number of thiophene rings is 1. The number of nitrogens with one attached hydrogen (secondary N) is 1. The van der Waals surface area contributed by atoms with Crippen LogP contribution in [0.2, 0.25) is 0 Å². The molecule has 2 unspecified atom stereocenters. The van der Waals surface area contributed by atoms with Gasteiger partial charge in [-0.3, -0.25) is 4.90 Å². The lowest BCUT2D eigenvalue weighted by molar-refractivity contribution is 0.119. The Labute approximate surface area is 108 Å². The molecule has 0 amide bonds. The number of rotatable bonds is 4. The van der Waals surface area contributed by atoms with E-state index in [1.165, 1.54) is 44.3 Å². The maximum Gasteiger partial charge on any atom is 0.0393 e. The van der Waals surface area contributed by atoms with Crippen LogP contribution in [-0.4, -0.2) is 31.1 Å². The van der Waals surface area contributed by atoms with Crippen LogP contribution < -0.4 is 5.32 Å².